The highest BCUT2D eigenvalue weighted by atomic mass is 19.4. The van der Waals surface area contributed by atoms with Gasteiger partial charge in [-0.15, -0.1) is 0 Å². The van der Waals surface area contributed by atoms with E-state index in [1.165, 1.54) is 6.20 Å². The van der Waals surface area contributed by atoms with Crippen LogP contribution in [0.15, 0.2) is 42.6 Å². The number of alkyl halides is 3. The molecular weight excluding hydrogens is 291 g/mol. The maximum atomic E-state index is 12.8. The zero-order valence-corrected chi connectivity index (χ0v) is 11.5. The Labute approximate surface area is 124 Å². The zero-order chi connectivity index (χ0) is 15.9. The maximum Gasteiger partial charge on any atom is 0.416 e. The van der Waals surface area contributed by atoms with Crippen LogP contribution in [0.25, 0.3) is 16.9 Å². The first-order valence-electron chi connectivity index (χ1n) is 6.46. The van der Waals surface area contributed by atoms with Crippen LogP contribution in [0, 0.1) is 18.3 Å². The van der Waals surface area contributed by atoms with E-state index in [1.807, 2.05) is 6.07 Å². The standard InChI is InChI=1S/C16H10F3N3/c1-10-15(12-4-2-11(9-20)3-5-12)21-14-8-13(16(17,18)19)6-7-22(10)14/h2-8H,1H3. The Bertz CT molecular complexity index is 884. The molecule has 2 heterocycles. The molecule has 0 bridgehead atoms. The number of nitriles is 1. The summed E-state index contributed by atoms with van der Waals surface area (Å²) in [5, 5.41) is 8.80. The Morgan fingerprint density at radius 3 is 2.41 bits per heavy atom. The molecule has 0 N–H and O–H groups in total. The van der Waals surface area contributed by atoms with Crippen LogP contribution < -0.4 is 0 Å². The lowest BCUT2D eigenvalue weighted by Gasteiger charge is -2.06. The SMILES string of the molecule is Cc1c(-c2ccc(C#N)cc2)nc2cc(C(F)(F)F)ccn12. The molecule has 3 aromatic rings. The van der Waals surface area contributed by atoms with Gasteiger partial charge in [0.1, 0.15) is 5.65 Å². The van der Waals surface area contributed by atoms with Crippen LogP contribution in [-0.4, -0.2) is 9.38 Å². The van der Waals surface area contributed by atoms with Gasteiger partial charge in [-0.3, -0.25) is 0 Å². The fraction of sp³-hybridized carbons (Fsp3) is 0.125. The van der Waals surface area contributed by atoms with Crippen LogP contribution in [0.1, 0.15) is 16.8 Å². The Kier molecular flexibility index (Phi) is 3.14. The van der Waals surface area contributed by atoms with Crippen molar-refractivity contribution in [2.45, 2.75) is 13.1 Å². The average molecular weight is 301 g/mol. The first-order chi connectivity index (χ1) is 10.4. The summed E-state index contributed by atoms with van der Waals surface area (Å²) in [4.78, 5) is 4.29. The van der Waals surface area contributed by atoms with E-state index in [1.54, 1.807) is 35.6 Å². The Hall–Kier alpha value is -2.81. The quantitative estimate of drug-likeness (QED) is 0.676. The molecule has 0 fully saturated rings. The van der Waals surface area contributed by atoms with Crippen LogP contribution in [0.4, 0.5) is 13.2 Å². The molecule has 3 rings (SSSR count). The highest BCUT2D eigenvalue weighted by Crippen LogP contribution is 2.31. The molecule has 0 saturated heterocycles. The molecule has 22 heavy (non-hydrogen) atoms. The van der Waals surface area contributed by atoms with Crippen molar-refractivity contribution >= 4 is 5.65 Å². The number of pyridine rings is 1. The number of hydrogen-bond acceptors (Lipinski definition) is 2. The van der Waals surface area contributed by atoms with E-state index < -0.39 is 11.7 Å². The number of rotatable bonds is 1. The molecule has 2 aromatic heterocycles. The summed E-state index contributed by atoms with van der Waals surface area (Å²) < 4.78 is 39.9. The first kappa shape index (κ1) is 14.1. The van der Waals surface area contributed by atoms with E-state index in [-0.39, 0.29) is 5.65 Å². The second kappa shape index (κ2) is 4.88. The molecule has 110 valence electrons. The van der Waals surface area contributed by atoms with Crippen molar-refractivity contribution in [1.29, 1.82) is 5.26 Å². The van der Waals surface area contributed by atoms with Gasteiger partial charge in [0.2, 0.25) is 0 Å². The number of aryl methyl sites for hydroxylation is 1. The van der Waals surface area contributed by atoms with Crippen molar-refractivity contribution in [3.05, 3.63) is 59.4 Å². The van der Waals surface area contributed by atoms with Crippen molar-refractivity contribution in [3.8, 4) is 17.3 Å². The van der Waals surface area contributed by atoms with Gasteiger partial charge in [-0.25, -0.2) is 4.98 Å². The fourth-order valence-corrected chi connectivity index (χ4v) is 2.32. The van der Waals surface area contributed by atoms with Crippen molar-refractivity contribution < 1.29 is 13.2 Å². The third-order valence-corrected chi connectivity index (χ3v) is 3.48. The summed E-state index contributed by atoms with van der Waals surface area (Å²) in [5.41, 5.74) is 2.14. The van der Waals surface area contributed by atoms with E-state index >= 15 is 0 Å². The molecule has 0 unspecified atom stereocenters. The summed E-state index contributed by atoms with van der Waals surface area (Å²) in [5.74, 6) is 0. The number of imidazole rings is 1. The van der Waals surface area contributed by atoms with E-state index in [0.717, 1.165) is 23.4 Å². The zero-order valence-electron chi connectivity index (χ0n) is 11.5. The van der Waals surface area contributed by atoms with Gasteiger partial charge < -0.3 is 4.40 Å². The van der Waals surface area contributed by atoms with Crippen molar-refractivity contribution in [3.63, 3.8) is 0 Å². The van der Waals surface area contributed by atoms with Gasteiger partial charge in [0.05, 0.1) is 22.9 Å². The summed E-state index contributed by atoms with van der Waals surface area (Å²) in [6, 6.07) is 10.9. The van der Waals surface area contributed by atoms with Crippen LogP contribution in [0.5, 0.6) is 0 Å². The molecule has 0 aliphatic rings. The fourth-order valence-electron chi connectivity index (χ4n) is 2.32. The average Bonchev–Trinajstić information content (AvgIpc) is 2.83. The smallest absolute Gasteiger partial charge is 0.304 e. The van der Waals surface area contributed by atoms with Crippen molar-refractivity contribution in [2.75, 3.05) is 0 Å². The summed E-state index contributed by atoms with van der Waals surface area (Å²) in [6.07, 6.45) is -3.02. The predicted molar refractivity (Wildman–Crippen MR) is 75.1 cm³/mol. The molecule has 3 nitrogen and oxygen atoms in total. The molecule has 0 aliphatic carbocycles. The van der Waals surface area contributed by atoms with Crippen LogP contribution in [0.2, 0.25) is 0 Å². The first-order valence-corrected chi connectivity index (χ1v) is 6.46. The monoisotopic (exact) mass is 301 g/mol. The van der Waals surface area contributed by atoms with Crippen LogP contribution >= 0.6 is 0 Å². The molecule has 0 saturated carbocycles. The molecule has 0 radical (unpaired) electrons. The third-order valence-electron chi connectivity index (χ3n) is 3.48. The minimum atomic E-state index is -4.39. The number of fused-ring (bicyclic) bond motifs is 1. The number of halogens is 3. The topological polar surface area (TPSA) is 41.1 Å². The van der Waals surface area contributed by atoms with Crippen LogP contribution in [-0.2, 0) is 6.18 Å². The van der Waals surface area contributed by atoms with Crippen molar-refractivity contribution in [2.24, 2.45) is 0 Å². The largest absolute Gasteiger partial charge is 0.416 e. The van der Waals surface area contributed by atoms with E-state index in [0.29, 0.717) is 11.3 Å². The highest BCUT2D eigenvalue weighted by Gasteiger charge is 2.31. The molecular formula is C16H10F3N3. The van der Waals surface area contributed by atoms with Crippen molar-refractivity contribution in [1.82, 2.24) is 9.38 Å². The lowest BCUT2D eigenvalue weighted by atomic mass is 10.1. The normalized spacial score (nSPS) is 11.6. The van der Waals surface area contributed by atoms with E-state index in [2.05, 4.69) is 4.98 Å². The number of nitrogens with zero attached hydrogens (tertiary/aromatic N) is 3. The molecule has 0 amide bonds. The number of aromatic nitrogens is 2. The Morgan fingerprint density at radius 2 is 1.82 bits per heavy atom. The lowest BCUT2D eigenvalue weighted by molar-refractivity contribution is -0.137. The molecule has 1 aromatic carbocycles. The molecule has 0 atom stereocenters. The van der Waals surface area contributed by atoms with E-state index in [4.69, 9.17) is 5.26 Å². The summed E-state index contributed by atoms with van der Waals surface area (Å²) in [6.45, 7) is 1.79. The number of hydrogen-bond donors (Lipinski definition) is 0. The Balaban J connectivity index is 2.14. The summed E-state index contributed by atoms with van der Waals surface area (Å²) in [7, 11) is 0. The van der Waals surface area contributed by atoms with Gasteiger partial charge in [0.15, 0.2) is 0 Å². The van der Waals surface area contributed by atoms with Gasteiger partial charge in [0, 0.05) is 17.5 Å². The molecule has 6 heteroatoms. The third kappa shape index (κ3) is 2.31. The van der Waals surface area contributed by atoms with E-state index in [9.17, 15) is 13.2 Å². The highest BCUT2D eigenvalue weighted by molar-refractivity contribution is 5.67. The van der Waals surface area contributed by atoms with Crippen LogP contribution in [0.3, 0.4) is 0 Å². The molecule has 0 spiro atoms. The minimum absolute atomic E-state index is 0.242. The maximum absolute atomic E-state index is 12.8. The summed E-state index contributed by atoms with van der Waals surface area (Å²) >= 11 is 0. The molecule has 0 aliphatic heterocycles. The van der Waals surface area contributed by atoms with Gasteiger partial charge in [0.25, 0.3) is 0 Å². The predicted octanol–water partition coefficient (Wildman–Crippen LogP) is 4.20. The lowest BCUT2D eigenvalue weighted by Crippen LogP contribution is -2.05. The van der Waals surface area contributed by atoms with Gasteiger partial charge in [-0.05, 0) is 31.2 Å². The van der Waals surface area contributed by atoms with Gasteiger partial charge in [-0.1, -0.05) is 12.1 Å². The second-order valence-electron chi connectivity index (χ2n) is 4.88. The minimum Gasteiger partial charge on any atom is -0.304 e. The number of benzene rings is 1. The van der Waals surface area contributed by atoms with Gasteiger partial charge >= 0.3 is 6.18 Å². The van der Waals surface area contributed by atoms with Gasteiger partial charge in [-0.2, -0.15) is 18.4 Å². The Morgan fingerprint density at radius 1 is 1.14 bits per heavy atom. The second-order valence-corrected chi connectivity index (χ2v) is 4.88.